The van der Waals surface area contributed by atoms with Gasteiger partial charge >= 0.3 is 0 Å². The van der Waals surface area contributed by atoms with Crippen LogP contribution in [-0.4, -0.2) is 19.6 Å². The quantitative estimate of drug-likeness (QED) is 0.634. The Morgan fingerprint density at radius 3 is 2.94 bits per heavy atom. The van der Waals surface area contributed by atoms with Crippen molar-refractivity contribution in [1.29, 1.82) is 0 Å². The molecule has 0 bridgehead atoms. The zero-order valence-corrected chi connectivity index (χ0v) is 11.1. The fraction of sp³-hybridized carbons (Fsp3) is 0.357. The molecular formula is C14H16ClNO2. The Morgan fingerprint density at radius 1 is 1.50 bits per heavy atom. The Balaban J connectivity index is 2.54. The fourth-order valence-corrected chi connectivity index (χ4v) is 1.66. The molecule has 3 nitrogen and oxygen atoms in total. The van der Waals surface area contributed by atoms with Crippen LogP contribution in [0.15, 0.2) is 18.2 Å². The Bertz CT molecular complexity index is 452. The van der Waals surface area contributed by atoms with Crippen LogP contribution in [0.4, 0.5) is 0 Å². The molecule has 1 N–H and O–H groups in total. The van der Waals surface area contributed by atoms with E-state index in [1.165, 1.54) is 7.11 Å². The van der Waals surface area contributed by atoms with Crippen molar-refractivity contribution in [3.8, 4) is 18.1 Å². The second-order valence-corrected chi connectivity index (χ2v) is 4.20. The molecule has 0 saturated heterocycles. The minimum atomic E-state index is -0.163. The van der Waals surface area contributed by atoms with Gasteiger partial charge in [0.25, 0.3) is 5.91 Å². The van der Waals surface area contributed by atoms with E-state index in [0.29, 0.717) is 22.9 Å². The number of hydrogen-bond acceptors (Lipinski definition) is 2. The number of ether oxygens (including phenoxy) is 1. The molecule has 4 heteroatoms. The van der Waals surface area contributed by atoms with E-state index in [-0.39, 0.29) is 5.91 Å². The molecule has 1 rings (SSSR count). The Hall–Kier alpha value is -1.66. The van der Waals surface area contributed by atoms with Gasteiger partial charge in [0.1, 0.15) is 5.75 Å². The number of rotatable bonds is 6. The minimum absolute atomic E-state index is 0.163. The van der Waals surface area contributed by atoms with Gasteiger partial charge in [0.15, 0.2) is 0 Å². The lowest BCUT2D eigenvalue weighted by atomic mass is 10.2. The maximum atomic E-state index is 11.9. The van der Waals surface area contributed by atoms with Crippen LogP contribution in [0.1, 0.15) is 29.6 Å². The number of methoxy groups -OCH3 is 1. The summed E-state index contributed by atoms with van der Waals surface area (Å²) in [5, 5.41) is 3.36. The van der Waals surface area contributed by atoms with Crippen molar-refractivity contribution in [2.75, 3.05) is 13.7 Å². The molecule has 0 fully saturated rings. The van der Waals surface area contributed by atoms with Crippen molar-refractivity contribution in [2.24, 2.45) is 0 Å². The Kier molecular flexibility index (Phi) is 6.10. The summed E-state index contributed by atoms with van der Waals surface area (Å²) in [4.78, 5) is 11.9. The van der Waals surface area contributed by atoms with Crippen molar-refractivity contribution in [3.63, 3.8) is 0 Å². The van der Waals surface area contributed by atoms with Gasteiger partial charge in [-0.15, -0.1) is 12.3 Å². The molecule has 0 aliphatic heterocycles. The van der Waals surface area contributed by atoms with Crippen LogP contribution in [0, 0.1) is 12.3 Å². The average molecular weight is 266 g/mol. The first-order chi connectivity index (χ1) is 8.69. The second kappa shape index (κ2) is 7.62. The van der Waals surface area contributed by atoms with Crippen LogP contribution in [0.5, 0.6) is 5.75 Å². The van der Waals surface area contributed by atoms with Crippen LogP contribution in [0.25, 0.3) is 0 Å². The number of nitrogens with one attached hydrogen (secondary N) is 1. The van der Waals surface area contributed by atoms with Gasteiger partial charge in [-0.1, -0.05) is 11.6 Å². The van der Waals surface area contributed by atoms with E-state index in [1.54, 1.807) is 18.2 Å². The summed E-state index contributed by atoms with van der Waals surface area (Å²) in [7, 11) is 1.51. The van der Waals surface area contributed by atoms with Crippen molar-refractivity contribution in [3.05, 3.63) is 28.8 Å². The molecule has 1 aromatic rings. The number of carbonyl (C=O) groups excluding carboxylic acids is 1. The summed E-state index contributed by atoms with van der Waals surface area (Å²) in [6, 6.07) is 4.93. The second-order valence-electron chi connectivity index (χ2n) is 3.76. The Morgan fingerprint density at radius 2 is 2.28 bits per heavy atom. The molecule has 0 atom stereocenters. The molecule has 96 valence electrons. The van der Waals surface area contributed by atoms with Gasteiger partial charge in [0.2, 0.25) is 0 Å². The number of hydrogen-bond donors (Lipinski definition) is 1. The highest BCUT2D eigenvalue weighted by Gasteiger charge is 2.11. The first-order valence-electron chi connectivity index (χ1n) is 5.74. The normalized spacial score (nSPS) is 9.61. The fourth-order valence-electron chi connectivity index (χ4n) is 1.50. The van der Waals surface area contributed by atoms with Gasteiger partial charge in [0, 0.05) is 18.0 Å². The lowest BCUT2D eigenvalue weighted by molar-refractivity contribution is 0.0950. The van der Waals surface area contributed by atoms with Crippen LogP contribution >= 0.6 is 11.6 Å². The summed E-state index contributed by atoms with van der Waals surface area (Å²) in [6.45, 7) is 0.603. The maximum Gasteiger partial charge on any atom is 0.255 e. The number of benzene rings is 1. The van der Waals surface area contributed by atoms with E-state index >= 15 is 0 Å². The van der Waals surface area contributed by atoms with Crippen molar-refractivity contribution in [2.45, 2.75) is 19.3 Å². The number of carbonyl (C=O) groups is 1. The third kappa shape index (κ3) is 4.31. The van der Waals surface area contributed by atoms with E-state index in [0.717, 1.165) is 19.3 Å². The highest BCUT2D eigenvalue weighted by atomic mass is 35.5. The topological polar surface area (TPSA) is 38.3 Å². The third-order valence-corrected chi connectivity index (χ3v) is 2.68. The molecule has 0 saturated carbocycles. The largest absolute Gasteiger partial charge is 0.496 e. The maximum absolute atomic E-state index is 11.9. The molecule has 0 aromatic heterocycles. The number of unbranched alkanes of at least 4 members (excludes halogenated alkanes) is 2. The summed E-state index contributed by atoms with van der Waals surface area (Å²) in [6.07, 6.45) is 7.66. The molecule has 0 spiro atoms. The van der Waals surface area contributed by atoms with Gasteiger partial charge in [-0.2, -0.15) is 0 Å². The third-order valence-electron chi connectivity index (χ3n) is 2.44. The molecule has 1 amide bonds. The Labute approximate surface area is 112 Å². The summed E-state index contributed by atoms with van der Waals surface area (Å²) < 4.78 is 5.12. The number of halogens is 1. The SMILES string of the molecule is C#CCCCCNC(=O)c1ccc(Cl)cc1OC. The van der Waals surface area contributed by atoms with Gasteiger partial charge in [-0.05, 0) is 31.0 Å². The first-order valence-corrected chi connectivity index (χ1v) is 6.12. The molecule has 18 heavy (non-hydrogen) atoms. The zero-order chi connectivity index (χ0) is 13.4. The van der Waals surface area contributed by atoms with E-state index in [1.807, 2.05) is 0 Å². The van der Waals surface area contributed by atoms with Crippen LogP contribution < -0.4 is 10.1 Å². The van der Waals surface area contributed by atoms with E-state index < -0.39 is 0 Å². The highest BCUT2D eigenvalue weighted by Crippen LogP contribution is 2.22. The molecule has 1 aromatic carbocycles. The molecule has 0 radical (unpaired) electrons. The van der Waals surface area contributed by atoms with Crippen LogP contribution in [0.3, 0.4) is 0 Å². The van der Waals surface area contributed by atoms with E-state index in [4.69, 9.17) is 22.8 Å². The van der Waals surface area contributed by atoms with Gasteiger partial charge < -0.3 is 10.1 Å². The van der Waals surface area contributed by atoms with Crippen molar-refractivity contribution >= 4 is 17.5 Å². The highest BCUT2D eigenvalue weighted by molar-refractivity contribution is 6.30. The molecule has 0 aliphatic rings. The first kappa shape index (κ1) is 14.4. The molecule has 0 heterocycles. The predicted octanol–water partition coefficient (Wildman–Crippen LogP) is 2.88. The summed E-state index contributed by atoms with van der Waals surface area (Å²) >= 11 is 5.83. The standard InChI is InChI=1S/C14H16ClNO2/c1-3-4-5-6-9-16-14(17)12-8-7-11(15)10-13(12)18-2/h1,7-8,10H,4-6,9H2,2H3,(H,16,17). The predicted molar refractivity (Wildman–Crippen MR) is 73.0 cm³/mol. The number of amides is 1. The molecule has 0 aliphatic carbocycles. The number of terminal acetylenes is 1. The zero-order valence-electron chi connectivity index (χ0n) is 10.3. The smallest absolute Gasteiger partial charge is 0.255 e. The van der Waals surface area contributed by atoms with Crippen molar-refractivity contribution < 1.29 is 9.53 Å². The van der Waals surface area contributed by atoms with E-state index in [9.17, 15) is 4.79 Å². The lowest BCUT2D eigenvalue weighted by Gasteiger charge is -2.09. The van der Waals surface area contributed by atoms with Gasteiger partial charge in [0.05, 0.1) is 12.7 Å². The summed E-state index contributed by atoms with van der Waals surface area (Å²) in [5.74, 6) is 2.88. The monoisotopic (exact) mass is 265 g/mol. The van der Waals surface area contributed by atoms with Gasteiger partial charge in [-0.25, -0.2) is 0 Å². The minimum Gasteiger partial charge on any atom is -0.496 e. The summed E-state index contributed by atoms with van der Waals surface area (Å²) in [5.41, 5.74) is 0.485. The van der Waals surface area contributed by atoms with E-state index in [2.05, 4.69) is 11.2 Å². The molecule has 0 unspecified atom stereocenters. The average Bonchev–Trinajstić information content (AvgIpc) is 2.38. The van der Waals surface area contributed by atoms with Gasteiger partial charge in [-0.3, -0.25) is 4.79 Å². The van der Waals surface area contributed by atoms with Crippen molar-refractivity contribution in [1.82, 2.24) is 5.32 Å². The lowest BCUT2D eigenvalue weighted by Crippen LogP contribution is -2.24. The van der Waals surface area contributed by atoms with Crippen LogP contribution in [0.2, 0.25) is 5.02 Å². The van der Waals surface area contributed by atoms with Crippen LogP contribution in [-0.2, 0) is 0 Å². The molecular weight excluding hydrogens is 250 g/mol.